The van der Waals surface area contributed by atoms with E-state index in [1.807, 2.05) is 13.8 Å². The van der Waals surface area contributed by atoms with E-state index in [0.717, 1.165) is 6.42 Å². The number of aryl methyl sites for hydroxylation is 1. The van der Waals surface area contributed by atoms with Crippen LogP contribution >= 0.6 is 0 Å². The predicted octanol–water partition coefficient (Wildman–Crippen LogP) is 0.261. The average Bonchev–Trinajstić information content (AvgIpc) is 2.98. The van der Waals surface area contributed by atoms with Crippen molar-refractivity contribution in [3.63, 3.8) is 0 Å². The van der Waals surface area contributed by atoms with E-state index >= 15 is 0 Å². The van der Waals surface area contributed by atoms with Gasteiger partial charge in [0.15, 0.2) is 5.03 Å². The molecule has 2 N–H and O–H groups in total. The summed E-state index contributed by atoms with van der Waals surface area (Å²) in [5, 5.41) is 0.134. The van der Waals surface area contributed by atoms with Crippen LogP contribution in [-0.2, 0) is 16.6 Å². The Balaban J connectivity index is 2.17. The zero-order valence-electron chi connectivity index (χ0n) is 10.8. The van der Waals surface area contributed by atoms with Crippen LogP contribution in [0, 0.1) is 5.92 Å². The first-order chi connectivity index (χ1) is 8.45. The van der Waals surface area contributed by atoms with Gasteiger partial charge in [-0.1, -0.05) is 0 Å². The summed E-state index contributed by atoms with van der Waals surface area (Å²) in [4.78, 5) is 3.98. The van der Waals surface area contributed by atoms with Crippen LogP contribution in [0.3, 0.4) is 0 Å². The van der Waals surface area contributed by atoms with Crippen LogP contribution in [0.4, 0.5) is 0 Å². The average molecular weight is 272 g/mol. The van der Waals surface area contributed by atoms with Gasteiger partial charge >= 0.3 is 0 Å². The van der Waals surface area contributed by atoms with Crippen molar-refractivity contribution in [3.8, 4) is 0 Å². The van der Waals surface area contributed by atoms with Gasteiger partial charge in [-0.25, -0.2) is 13.4 Å². The van der Waals surface area contributed by atoms with Gasteiger partial charge in [0, 0.05) is 31.9 Å². The molecule has 0 aliphatic carbocycles. The van der Waals surface area contributed by atoms with E-state index in [0.29, 0.717) is 19.6 Å². The van der Waals surface area contributed by atoms with Crippen LogP contribution in [0.5, 0.6) is 0 Å². The monoisotopic (exact) mass is 272 g/mol. The highest BCUT2D eigenvalue weighted by Crippen LogP contribution is 2.24. The van der Waals surface area contributed by atoms with Crippen molar-refractivity contribution in [2.24, 2.45) is 11.7 Å². The maximum Gasteiger partial charge on any atom is 0.262 e. The minimum absolute atomic E-state index is 0.0263. The molecule has 0 radical (unpaired) electrons. The summed E-state index contributed by atoms with van der Waals surface area (Å²) in [6.45, 7) is 5.62. The maximum atomic E-state index is 12.3. The van der Waals surface area contributed by atoms with Gasteiger partial charge in [0.25, 0.3) is 10.0 Å². The van der Waals surface area contributed by atoms with Crippen LogP contribution in [0.2, 0.25) is 0 Å². The number of hydrogen-bond acceptors (Lipinski definition) is 4. The standard InChI is InChI=1S/C11H20N4O2S/c1-3-14-7-11(13-8-14)18(16,17)15-5-4-10(6-15)9(2)12/h7-10H,3-6,12H2,1-2H3. The fourth-order valence-corrected chi connectivity index (χ4v) is 3.63. The molecule has 6 nitrogen and oxygen atoms in total. The molecule has 0 amide bonds. The number of rotatable bonds is 4. The van der Waals surface area contributed by atoms with Gasteiger partial charge in [-0.05, 0) is 26.2 Å². The van der Waals surface area contributed by atoms with Crippen molar-refractivity contribution >= 4 is 10.0 Å². The molecule has 2 rings (SSSR count). The van der Waals surface area contributed by atoms with E-state index in [2.05, 4.69) is 4.98 Å². The number of aromatic nitrogens is 2. The Morgan fingerprint density at radius 1 is 1.61 bits per heavy atom. The molecule has 1 aromatic rings. The Labute approximate surface area is 108 Å². The largest absolute Gasteiger partial charge is 0.336 e. The first-order valence-corrected chi connectivity index (χ1v) is 7.66. The highest BCUT2D eigenvalue weighted by atomic mass is 32.2. The maximum absolute atomic E-state index is 12.3. The fraction of sp³-hybridized carbons (Fsp3) is 0.727. The van der Waals surface area contributed by atoms with Crippen LogP contribution in [0.15, 0.2) is 17.6 Å². The summed E-state index contributed by atoms with van der Waals surface area (Å²) in [7, 11) is -3.45. The van der Waals surface area contributed by atoms with Crippen LogP contribution in [-0.4, -0.2) is 41.4 Å². The van der Waals surface area contributed by atoms with Crippen molar-refractivity contribution in [1.82, 2.24) is 13.9 Å². The fourth-order valence-electron chi connectivity index (χ4n) is 2.18. The van der Waals surface area contributed by atoms with Gasteiger partial charge in [0.2, 0.25) is 0 Å². The summed E-state index contributed by atoms with van der Waals surface area (Å²) >= 11 is 0. The second kappa shape index (κ2) is 4.99. The zero-order valence-corrected chi connectivity index (χ0v) is 11.6. The lowest BCUT2D eigenvalue weighted by Gasteiger charge is -2.16. The number of nitrogens with zero attached hydrogens (tertiary/aromatic N) is 3. The molecule has 1 saturated heterocycles. The molecule has 0 spiro atoms. The number of hydrogen-bond donors (Lipinski definition) is 1. The summed E-state index contributed by atoms with van der Waals surface area (Å²) in [6.07, 6.45) is 3.95. The topological polar surface area (TPSA) is 81.2 Å². The molecule has 1 aliphatic rings. The third-order valence-corrected chi connectivity index (χ3v) is 5.26. The van der Waals surface area contributed by atoms with Crippen molar-refractivity contribution in [2.75, 3.05) is 13.1 Å². The van der Waals surface area contributed by atoms with Gasteiger partial charge in [0.1, 0.15) is 0 Å². The molecule has 7 heteroatoms. The van der Waals surface area contributed by atoms with Crippen molar-refractivity contribution in [3.05, 3.63) is 12.5 Å². The lowest BCUT2D eigenvalue weighted by molar-refractivity contribution is 0.427. The molecule has 0 aromatic carbocycles. The van der Waals surface area contributed by atoms with Gasteiger partial charge in [0.05, 0.1) is 6.33 Å². The van der Waals surface area contributed by atoms with E-state index in [4.69, 9.17) is 5.73 Å². The molecule has 2 unspecified atom stereocenters. The summed E-state index contributed by atoms with van der Waals surface area (Å²) in [5.74, 6) is 0.244. The number of nitrogens with two attached hydrogens (primary N) is 1. The van der Waals surface area contributed by atoms with Gasteiger partial charge in [-0.3, -0.25) is 0 Å². The molecule has 1 fully saturated rings. The first-order valence-electron chi connectivity index (χ1n) is 6.22. The van der Waals surface area contributed by atoms with E-state index in [9.17, 15) is 8.42 Å². The van der Waals surface area contributed by atoms with Crippen LogP contribution in [0.25, 0.3) is 0 Å². The lowest BCUT2D eigenvalue weighted by atomic mass is 10.0. The van der Waals surface area contributed by atoms with E-state index < -0.39 is 10.0 Å². The third kappa shape index (κ3) is 2.43. The molecule has 0 bridgehead atoms. The van der Waals surface area contributed by atoms with E-state index in [1.165, 1.54) is 4.31 Å². The lowest BCUT2D eigenvalue weighted by Crippen LogP contribution is -2.33. The molecule has 2 heterocycles. The van der Waals surface area contributed by atoms with E-state index in [-0.39, 0.29) is 17.0 Å². The Morgan fingerprint density at radius 3 is 2.83 bits per heavy atom. The smallest absolute Gasteiger partial charge is 0.262 e. The minimum Gasteiger partial charge on any atom is -0.336 e. The van der Waals surface area contributed by atoms with Crippen molar-refractivity contribution < 1.29 is 8.42 Å². The molecule has 1 aromatic heterocycles. The first kappa shape index (κ1) is 13.5. The van der Waals surface area contributed by atoms with Crippen LogP contribution in [0.1, 0.15) is 20.3 Å². The second-order valence-electron chi connectivity index (χ2n) is 4.81. The molecular formula is C11H20N4O2S. The van der Waals surface area contributed by atoms with Gasteiger partial charge in [-0.15, -0.1) is 0 Å². The highest BCUT2D eigenvalue weighted by Gasteiger charge is 2.35. The zero-order chi connectivity index (χ0) is 13.3. The second-order valence-corrected chi connectivity index (χ2v) is 6.70. The normalized spacial score (nSPS) is 23.4. The summed E-state index contributed by atoms with van der Waals surface area (Å²) in [6, 6.07) is 0.0263. The highest BCUT2D eigenvalue weighted by molar-refractivity contribution is 7.89. The quantitative estimate of drug-likeness (QED) is 0.852. The predicted molar refractivity (Wildman–Crippen MR) is 68.4 cm³/mol. The summed E-state index contributed by atoms with van der Waals surface area (Å²) in [5.41, 5.74) is 5.83. The molecule has 2 atom stereocenters. The molecule has 102 valence electrons. The molecule has 0 saturated carbocycles. The van der Waals surface area contributed by atoms with Crippen molar-refractivity contribution in [2.45, 2.75) is 37.9 Å². The third-order valence-electron chi connectivity index (χ3n) is 3.51. The Bertz CT molecular complexity index is 509. The Hall–Kier alpha value is -0.920. The van der Waals surface area contributed by atoms with E-state index in [1.54, 1.807) is 17.1 Å². The number of imidazole rings is 1. The van der Waals surface area contributed by atoms with Crippen molar-refractivity contribution in [1.29, 1.82) is 0 Å². The minimum atomic E-state index is -3.45. The summed E-state index contributed by atoms with van der Waals surface area (Å²) < 4.78 is 27.9. The molecule has 18 heavy (non-hydrogen) atoms. The molecular weight excluding hydrogens is 252 g/mol. The Kier molecular flexibility index (Phi) is 3.74. The van der Waals surface area contributed by atoms with Gasteiger partial charge in [-0.2, -0.15) is 4.31 Å². The number of sulfonamides is 1. The molecule has 1 aliphatic heterocycles. The SMILES string of the molecule is CCn1cnc(S(=O)(=O)N2CCC(C(C)N)C2)c1. The van der Waals surface area contributed by atoms with Gasteiger partial charge < -0.3 is 10.3 Å². The Morgan fingerprint density at radius 2 is 2.33 bits per heavy atom. The van der Waals surface area contributed by atoms with Crippen LogP contribution < -0.4 is 5.73 Å².